The van der Waals surface area contributed by atoms with Crippen molar-refractivity contribution in [2.75, 3.05) is 13.2 Å². The molecule has 0 bridgehead atoms. The molecule has 1 aromatic carbocycles. The number of carbonyl (C=O) groups is 2. The molecule has 0 atom stereocenters. The van der Waals surface area contributed by atoms with Gasteiger partial charge >= 0.3 is 6.03 Å². The number of halogens is 1. The van der Waals surface area contributed by atoms with Crippen LogP contribution in [0.25, 0.3) is 10.9 Å². The molecule has 0 radical (unpaired) electrons. The third-order valence-corrected chi connectivity index (χ3v) is 3.18. The monoisotopic (exact) mass is 366 g/mol. The summed E-state index contributed by atoms with van der Waals surface area (Å²) in [5, 5.41) is 5.40. The normalized spacial score (nSPS) is 10.3. The molecule has 0 saturated heterocycles. The predicted octanol–water partition coefficient (Wildman–Crippen LogP) is 2.01. The fraction of sp³-hybridized carbons (Fsp3) is 0.286. The third-order valence-electron chi connectivity index (χ3n) is 2.69. The molecule has 0 aliphatic heterocycles. The summed E-state index contributed by atoms with van der Waals surface area (Å²) in [5.41, 5.74) is 0.703. The van der Waals surface area contributed by atoms with Crippen LogP contribution in [0.15, 0.2) is 29.0 Å². The van der Waals surface area contributed by atoms with Gasteiger partial charge in [0.15, 0.2) is 6.61 Å². The first kappa shape index (κ1) is 16.2. The molecule has 0 spiro atoms. The van der Waals surface area contributed by atoms with Crippen LogP contribution in [0.1, 0.15) is 13.3 Å². The Hall–Kier alpha value is -2.22. The Kier molecular flexibility index (Phi) is 5.65. The Balaban J connectivity index is 1.98. The smallest absolute Gasteiger partial charge is 0.321 e. The number of nitrogens with one attached hydrogen (secondary N) is 2. The predicted molar refractivity (Wildman–Crippen MR) is 84.6 cm³/mol. The number of hydrogen-bond acceptors (Lipinski definition) is 5. The Morgan fingerprint density at radius 1 is 1.32 bits per heavy atom. The average Bonchev–Trinajstić information content (AvgIpc) is 2.50. The SMILES string of the molecule is CCCNC(=O)NC(=O)COc1ncnc2ccc(Br)cc12. The fourth-order valence-corrected chi connectivity index (χ4v) is 2.06. The number of nitrogens with zero attached hydrogens (tertiary/aromatic N) is 2. The summed E-state index contributed by atoms with van der Waals surface area (Å²) >= 11 is 3.36. The highest BCUT2D eigenvalue weighted by Crippen LogP contribution is 2.24. The number of imide groups is 1. The second-order valence-corrected chi connectivity index (χ2v) is 5.35. The van der Waals surface area contributed by atoms with Gasteiger partial charge < -0.3 is 10.1 Å². The van der Waals surface area contributed by atoms with Crippen LogP contribution in [0.3, 0.4) is 0 Å². The van der Waals surface area contributed by atoms with Crippen molar-refractivity contribution in [1.29, 1.82) is 0 Å². The maximum Gasteiger partial charge on any atom is 0.321 e. The molecule has 0 unspecified atom stereocenters. The third kappa shape index (κ3) is 4.39. The molecular weight excluding hydrogens is 352 g/mol. The van der Waals surface area contributed by atoms with E-state index in [4.69, 9.17) is 4.74 Å². The lowest BCUT2D eigenvalue weighted by molar-refractivity contribution is -0.122. The molecular formula is C14H15BrN4O3. The van der Waals surface area contributed by atoms with Gasteiger partial charge in [0.25, 0.3) is 5.91 Å². The van der Waals surface area contributed by atoms with Gasteiger partial charge in [0.2, 0.25) is 5.88 Å². The van der Waals surface area contributed by atoms with E-state index >= 15 is 0 Å². The van der Waals surface area contributed by atoms with Crippen LogP contribution in [0.5, 0.6) is 5.88 Å². The van der Waals surface area contributed by atoms with Crippen LogP contribution in [0.2, 0.25) is 0 Å². The van der Waals surface area contributed by atoms with E-state index in [1.807, 2.05) is 19.1 Å². The quantitative estimate of drug-likeness (QED) is 0.843. The highest BCUT2D eigenvalue weighted by Gasteiger charge is 2.10. The van der Waals surface area contributed by atoms with E-state index in [2.05, 4.69) is 36.5 Å². The minimum absolute atomic E-state index is 0.287. The van der Waals surface area contributed by atoms with Crippen molar-refractivity contribution in [3.63, 3.8) is 0 Å². The molecule has 2 N–H and O–H groups in total. The first-order valence-electron chi connectivity index (χ1n) is 6.71. The first-order valence-corrected chi connectivity index (χ1v) is 7.50. The molecule has 1 heterocycles. The van der Waals surface area contributed by atoms with E-state index in [9.17, 15) is 9.59 Å². The van der Waals surface area contributed by atoms with Crippen molar-refractivity contribution >= 4 is 38.8 Å². The van der Waals surface area contributed by atoms with Crippen molar-refractivity contribution < 1.29 is 14.3 Å². The Labute approximate surface area is 135 Å². The summed E-state index contributed by atoms with van der Waals surface area (Å²) in [6.07, 6.45) is 2.15. The van der Waals surface area contributed by atoms with Crippen LogP contribution in [0.4, 0.5) is 4.79 Å². The van der Waals surface area contributed by atoms with Gasteiger partial charge in [0.05, 0.1) is 10.9 Å². The van der Waals surface area contributed by atoms with Crippen molar-refractivity contribution in [3.8, 4) is 5.88 Å². The number of ether oxygens (including phenoxy) is 1. The molecule has 2 aromatic rings. The van der Waals surface area contributed by atoms with Gasteiger partial charge in [-0.1, -0.05) is 22.9 Å². The van der Waals surface area contributed by atoms with Gasteiger partial charge in [-0.2, -0.15) is 0 Å². The standard InChI is InChI=1S/C14H15BrN4O3/c1-2-5-16-14(21)19-12(20)7-22-13-10-6-9(15)3-4-11(10)17-8-18-13/h3-4,6,8H,2,5,7H2,1H3,(H2,16,19,20,21). The number of aromatic nitrogens is 2. The number of benzene rings is 1. The van der Waals surface area contributed by atoms with Gasteiger partial charge in [-0.25, -0.2) is 14.8 Å². The Morgan fingerprint density at radius 2 is 2.14 bits per heavy atom. The largest absolute Gasteiger partial charge is 0.467 e. The van der Waals surface area contributed by atoms with Crippen molar-refractivity contribution in [2.45, 2.75) is 13.3 Å². The lowest BCUT2D eigenvalue weighted by atomic mass is 10.2. The minimum atomic E-state index is -0.546. The first-order chi connectivity index (χ1) is 10.6. The van der Waals surface area contributed by atoms with Crippen molar-refractivity contribution in [3.05, 3.63) is 29.0 Å². The summed E-state index contributed by atoms with van der Waals surface area (Å²) in [4.78, 5) is 31.1. The molecule has 0 fully saturated rings. The van der Waals surface area contributed by atoms with E-state index in [1.54, 1.807) is 6.07 Å². The zero-order valence-electron chi connectivity index (χ0n) is 11.9. The van der Waals surface area contributed by atoms with Gasteiger partial charge in [0, 0.05) is 11.0 Å². The molecule has 0 aliphatic carbocycles. The van der Waals surface area contributed by atoms with Gasteiger partial charge in [-0.15, -0.1) is 0 Å². The van der Waals surface area contributed by atoms with E-state index in [1.165, 1.54) is 6.33 Å². The maximum atomic E-state index is 11.6. The zero-order chi connectivity index (χ0) is 15.9. The molecule has 1 aromatic heterocycles. The maximum absolute atomic E-state index is 11.6. The van der Waals surface area contributed by atoms with Crippen LogP contribution in [-0.2, 0) is 4.79 Å². The van der Waals surface area contributed by atoms with Crippen molar-refractivity contribution in [1.82, 2.24) is 20.6 Å². The van der Waals surface area contributed by atoms with Crippen molar-refractivity contribution in [2.24, 2.45) is 0 Å². The van der Waals surface area contributed by atoms with E-state index in [0.717, 1.165) is 10.9 Å². The number of urea groups is 1. The lowest BCUT2D eigenvalue weighted by Crippen LogP contribution is -2.41. The van der Waals surface area contributed by atoms with E-state index in [0.29, 0.717) is 17.4 Å². The number of amides is 3. The molecule has 0 saturated carbocycles. The highest BCUT2D eigenvalue weighted by molar-refractivity contribution is 9.10. The highest BCUT2D eigenvalue weighted by atomic mass is 79.9. The minimum Gasteiger partial charge on any atom is -0.467 e. The van der Waals surface area contributed by atoms with Crippen LogP contribution in [-0.4, -0.2) is 35.1 Å². The van der Waals surface area contributed by atoms with Gasteiger partial charge in [-0.3, -0.25) is 10.1 Å². The van der Waals surface area contributed by atoms with E-state index in [-0.39, 0.29) is 12.5 Å². The van der Waals surface area contributed by atoms with Gasteiger partial charge in [-0.05, 0) is 24.6 Å². The van der Waals surface area contributed by atoms with E-state index < -0.39 is 11.9 Å². The number of carbonyl (C=O) groups excluding carboxylic acids is 2. The summed E-state index contributed by atoms with van der Waals surface area (Å²) in [7, 11) is 0. The second kappa shape index (κ2) is 7.69. The molecule has 22 heavy (non-hydrogen) atoms. The summed E-state index contributed by atoms with van der Waals surface area (Å²) in [6, 6.07) is 4.93. The topological polar surface area (TPSA) is 93.2 Å². The van der Waals surface area contributed by atoms with Crippen LogP contribution < -0.4 is 15.4 Å². The molecule has 2 rings (SSSR count). The molecule has 116 valence electrons. The average molecular weight is 367 g/mol. The molecule has 8 heteroatoms. The Morgan fingerprint density at radius 3 is 2.91 bits per heavy atom. The number of hydrogen-bond donors (Lipinski definition) is 2. The zero-order valence-corrected chi connectivity index (χ0v) is 13.5. The summed E-state index contributed by atoms with van der Waals surface area (Å²) in [6.45, 7) is 2.12. The number of fused-ring (bicyclic) bond motifs is 1. The molecule has 3 amide bonds. The molecule has 7 nitrogen and oxygen atoms in total. The van der Waals surface area contributed by atoms with Gasteiger partial charge in [0.1, 0.15) is 6.33 Å². The van der Waals surface area contributed by atoms with Crippen LogP contribution in [0, 0.1) is 0 Å². The lowest BCUT2D eigenvalue weighted by Gasteiger charge is -2.08. The summed E-state index contributed by atoms with van der Waals surface area (Å²) in [5.74, 6) is -0.259. The van der Waals surface area contributed by atoms with Crippen LogP contribution >= 0.6 is 15.9 Å². The summed E-state index contributed by atoms with van der Waals surface area (Å²) < 4.78 is 6.23. The Bertz CT molecular complexity index is 693. The number of rotatable bonds is 5. The second-order valence-electron chi connectivity index (χ2n) is 4.43. The fourth-order valence-electron chi connectivity index (χ4n) is 1.70. The molecule has 0 aliphatic rings.